The van der Waals surface area contributed by atoms with Gasteiger partial charge in [0.05, 0.1) is 11.1 Å². The maximum absolute atomic E-state index is 14.1. The van der Waals surface area contributed by atoms with Gasteiger partial charge in [-0.05, 0) is 39.7 Å². The number of alkyl halides is 2. The monoisotopic (exact) mass is 379 g/mol. The van der Waals surface area contributed by atoms with Crippen LogP contribution >= 0.6 is 27.5 Å². The fourth-order valence-electron chi connectivity index (χ4n) is 1.84. The van der Waals surface area contributed by atoms with Crippen LogP contribution < -0.4 is 10.5 Å². The molecule has 0 aliphatic heterocycles. The molecule has 0 amide bonds. The maximum Gasteiger partial charge on any atom is 0.387 e. The zero-order valence-corrected chi connectivity index (χ0v) is 12.8. The fraction of sp³-hybridized carbons (Fsp3) is 0.143. The summed E-state index contributed by atoms with van der Waals surface area (Å²) in [6.45, 7) is -2.93. The Bertz CT molecular complexity index is 654. The number of rotatable bonds is 4. The van der Waals surface area contributed by atoms with Crippen molar-refractivity contribution in [1.82, 2.24) is 0 Å². The Morgan fingerprint density at radius 3 is 2.57 bits per heavy atom. The minimum atomic E-state index is -2.93. The van der Waals surface area contributed by atoms with Crippen LogP contribution in [0.3, 0.4) is 0 Å². The van der Waals surface area contributed by atoms with Gasteiger partial charge in [0.15, 0.2) is 0 Å². The van der Waals surface area contributed by atoms with E-state index in [4.69, 9.17) is 17.3 Å². The molecule has 0 aliphatic rings. The first kappa shape index (κ1) is 16.1. The summed E-state index contributed by atoms with van der Waals surface area (Å²) in [5.41, 5.74) is 6.58. The van der Waals surface area contributed by atoms with E-state index in [9.17, 15) is 13.2 Å². The second-order valence-corrected chi connectivity index (χ2v) is 5.43. The van der Waals surface area contributed by atoms with Gasteiger partial charge >= 0.3 is 6.61 Å². The van der Waals surface area contributed by atoms with Crippen LogP contribution in [0, 0.1) is 5.82 Å². The SMILES string of the molecule is NC(c1cccc(OC(F)F)c1)c1ccc(Br)c(Cl)c1F. The van der Waals surface area contributed by atoms with Crippen molar-refractivity contribution >= 4 is 27.5 Å². The number of halogens is 5. The minimum Gasteiger partial charge on any atom is -0.435 e. The lowest BCUT2D eigenvalue weighted by atomic mass is 9.99. The highest BCUT2D eigenvalue weighted by Gasteiger charge is 2.18. The smallest absolute Gasteiger partial charge is 0.387 e. The highest BCUT2D eigenvalue weighted by Crippen LogP contribution is 2.32. The number of hydrogen-bond acceptors (Lipinski definition) is 2. The molecule has 0 spiro atoms. The highest BCUT2D eigenvalue weighted by molar-refractivity contribution is 9.10. The van der Waals surface area contributed by atoms with Crippen LogP contribution in [0.1, 0.15) is 17.2 Å². The molecular formula is C14H10BrClF3NO. The summed E-state index contributed by atoms with van der Waals surface area (Å²) in [7, 11) is 0. The summed E-state index contributed by atoms with van der Waals surface area (Å²) in [5, 5.41) is -0.0806. The number of hydrogen-bond donors (Lipinski definition) is 1. The Morgan fingerprint density at radius 2 is 1.90 bits per heavy atom. The van der Waals surface area contributed by atoms with Gasteiger partial charge in [-0.3, -0.25) is 0 Å². The largest absolute Gasteiger partial charge is 0.435 e. The Hall–Kier alpha value is -1.24. The van der Waals surface area contributed by atoms with Crippen molar-refractivity contribution in [3.8, 4) is 5.75 Å². The van der Waals surface area contributed by atoms with E-state index in [0.717, 1.165) is 0 Å². The van der Waals surface area contributed by atoms with E-state index in [2.05, 4.69) is 20.7 Å². The Labute approximate surface area is 132 Å². The van der Waals surface area contributed by atoms with E-state index in [1.165, 1.54) is 24.3 Å². The minimum absolute atomic E-state index is 0.0402. The quantitative estimate of drug-likeness (QED) is 0.767. The van der Waals surface area contributed by atoms with Crippen LogP contribution in [0.5, 0.6) is 5.75 Å². The summed E-state index contributed by atoms with van der Waals surface area (Å²) >= 11 is 8.92. The molecule has 0 aromatic heterocycles. The van der Waals surface area contributed by atoms with Crippen LogP contribution in [0.2, 0.25) is 5.02 Å². The van der Waals surface area contributed by atoms with Gasteiger partial charge in [0, 0.05) is 10.0 Å². The first-order valence-corrected chi connectivity index (χ1v) is 7.01. The van der Waals surface area contributed by atoms with E-state index >= 15 is 0 Å². The summed E-state index contributed by atoms with van der Waals surface area (Å²) < 4.78 is 43.2. The van der Waals surface area contributed by atoms with E-state index < -0.39 is 18.5 Å². The first-order valence-electron chi connectivity index (χ1n) is 5.84. The van der Waals surface area contributed by atoms with Gasteiger partial charge in [-0.1, -0.05) is 29.8 Å². The molecule has 2 rings (SSSR count). The van der Waals surface area contributed by atoms with Crippen LogP contribution in [-0.2, 0) is 0 Å². The van der Waals surface area contributed by atoms with Gasteiger partial charge in [0.2, 0.25) is 0 Å². The van der Waals surface area contributed by atoms with Crippen LogP contribution in [0.25, 0.3) is 0 Å². The molecule has 0 bridgehead atoms. The Morgan fingerprint density at radius 1 is 1.19 bits per heavy atom. The third kappa shape index (κ3) is 3.70. The molecule has 0 saturated heterocycles. The lowest BCUT2D eigenvalue weighted by Crippen LogP contribution is -2.14. The Kier molecular flexibility index (Phi) is 5.13. The summed E-state index contributed by atoms with van der Waals surface area (Å²) in [4.78, 5) is 0. The predicted octanol–water partition coefficient (Wildman–Crippen LogP) is 4.89. The molecule has 1 atom stereocenters. The van der Waals surface area contributed by atoms with Crippen molar-refractivity contribution in [3.63, 3.8) is 0 Å². The molecular weight excluding hydrogens is 371 g/mol. The molecule has 0 saturated carbocycles. The number of nitrogens with two attached hydrogens (primary N) is 1. The van der Waals surface area contributed by atoms with E-state index in [0.29, 0.717) is 10.0 Å². The maximum atomic E-state index is 14.1. The molecule has 0 radical (unpaired) electrons. The second kappa shape index (κ2) is 6.68. The topological polar surface area (TPSA) is 35.2 Å². The van der Waals surface area contributed by atoms with Crippen molar-refractivity contribution in [2.24, 2.45) is 5.73 Å². The third-order valence-electron chi connectivity index (χ3n) is 2.84. The van der Waals surface area contributed by atoms with Gasteiger partial charge in [-0.2, -0.15) is 8.78 Å². The van der Waals surface area contributed by atoms with E-state index in [1.54, 1.807) is 12.1 Å². The lowest BCUT2D eigenvalue weighted by Gasteiger charge is -2.16. The first-order chi connectivity index (χ1) is 9.90. The predicted molar refractivity (Wildman–Crippen MR) is 78.2 cm³/mol. The highest BCUT2D eigenvalue weighted by atomic mass is 79.9. The average Bonchev–Trinajstić information content (AvgIpc) is 2.44. The average molecular weight is 381 g/mol. The molecule has 2 nitrogen and oxygen atoms in total. The normalized spacial score (nSPS) is 12.5. The molecule has 2 aromatic rings. The van der Waals surface area contributed by atoms with Crippen molar-refractivity contribution in [3.05, 3.63) is 62.8 Å². The summed E-state index contributed by atoms with van der Waals surface area (Å²) in [6.07, 6.45) is 0. The molecule has 112 valence electrons. The van der Waals surface area contributed by atoms with Gasteiger partial charge in [0.25, 0.3) is 0 Å². The fourth-order valence-corrected chi connectivity index (χ4v) is 2.32. The molecule has 21 heavy (non-hydrogen) atoms. The summed E-state index contributed by atoms with van der Waals surface area (Å²) in [5.74, 6) is -0.694. The summed E-state index contributed by atoms with van der Waals surface area (Å²) in [6, 6.07) is 8.01. The zero-order chi connectivity index (χ0) is 15.6. The van der Waals surface area contributed by atoms with E-state index in [1.807, 2.05) is 0 Å². The van der Waals surface area contributed by atoms with Crippen LogP contribution in [-0.4, -0.2) is 6.61 Å². The van der Waals surface area contributed by atoms with Gasteiger partial charge < -0.3 is 10.5 Å². The van der Waals surface area contributed by atoms with Crippen molar-refractivity contribution in [1.29, 1.82) is 0 Å². The number of ether oxygens (including phenoxy) is 1. The van der Waals surface area contributed by atoms with Crippen molar-refractivity contribution in [2.75, 3.05) is 0 Å². The lowest BCUT2D eigenvalue weighted by molar-refractivity contribution is -0.0498. The van der Waals surface area contributed by atoms with Gasteiger partial charge in [-0.25, -0.2) is 4.39 Å². The molecule has 1 unspecified atom stereocenters. The molecule has 0 aliphatic carbocycles. The molecule has 0 fully saturated rings. The van der Waals surface area contributed by atoms with Crippen LogP contribution in [0.4, 0.5) is 13.2 Å². The second-order valence-electron chi connectivity index (χ2n) is 4.19. The van der Waals surface area contributed by atoms with Crippen molar-refractivity contribution < 1.29 is 17.9 Å². The van der Waals surface area contributed by atoms with Gasteiger partial charge in [0.1, 0.15) is 11.6 Å². The molecule has 0 heterocycles. The molecule has 2 N–H and O–H groups in total. The molecule has 2 aromatic carbocycles. The van der Waals surface area contributed by atoms with Crippen LogP contribution in [0.15, 0.2) is 40.9 Å². The Balaban J connectivity index is 2.36. The zero-order valence-electron chi connectivity index (χ0n) is 10.5. The molecule has 7 heteroatoms. The van der Waals surface area contributed by atoms with E-state index in [-0.39, 0.29) is 16.3 Å². The third-order valence-corrected chi connectivity index (χ3v) is 4.10. The van der Waals surface area contributed by atoms with Crippen molar-refractivity contribution in [2.45, 2.75) is 12.7 Å². The standard InChI is InChI=1S/C14H10BrClF3NO/c15-10-5-4-9(12(17)11(10)16)13(20)7-2-1-3-8(6-7)21-14(18)19/h1-6,13-14H,20H2. The van der Waals surface area contributed by atoms with Gasteiger partial charge in [-0.15, -0.1) is 0 Å². The number of benzene rings is 2.